The second-order valence-corrected chi connectivity index (χ2v) is 9.09. The molecular formula is C26H18Cl3N3O. The third kappa shape index (κ3) is 4.18. The van der Waals surface area contributed by atoms with Gasteiger partial charge in [0.2, 0.25) is 0 Å². The lowest BCUT2D eigenvalue weighted by atomic mass is 10.1. The van der Waals surface area contributed by atoms with Crippen LogP contribution in [0.3, 0.4) is 0 Å². The van der Waals surface area contributed by atoms with Crippen molar-refractivity contribution in [2.24, 2.45) is 5.10 Å². The Hall–Kier alpha value is -3.05. The molecule has 1 aliphatic rings. The number of nitrogens with zero attached hydrogens (tertiary/aromatic N) is 3. The summed E-state index contributed by atoms with van der Waals surface area (Å²) in [4.78, 5) is 13.2. The van der Waals surface area contributed by atoms with Gasteiger partial charge in [-0.1, -0.05) is 65.1 Å². The van der Waals surface area contributed by atoms with Gasteiger partial charge in [0.1, 0.15) is 0 Å². The topological polar surface area (TPSA) is 37.6 Å². The zero-order chi connectivity index (χ0) is 23.1. The molecule has 0 fully saturated rings. The molecule has 1 amide bonds. The Bertz CT molecular complexity index is 1470. The van der Waals surface area contributed by atoms with Crippen molar-refractivity contribution in [2.45, 2.75) is 13.5 Å². The maximum Gasteiger partial charge on any atom is 0.280 e. The fraction of sp³-hybridized carbons (Fsp3) is 0.0769. The molecule has 4 aromatic rings. The zero-order valence-electron chi connectivity index (χ0n) is 17.6. The van der Waals surface area contributed by atoms with Gasteiger partial charge in [-0.05, 0) is 55.0 Å². The number of rotatable bonds is 4. The molecule has 3 aromatic carbocycles. The first-order valence-electron chi connectivity index (χ1n) is 10.3. The first-order valence-corrected chi connectivity index (χ1v) is 11.4. The van der Waals surface area contributed by atoms with Crippen molar-refractivity contribution in [3.63, 3.8) is 0 Å². The predicted octanol–water partition coefficient (Wildman–Crippen LogP) is 7.46. The van der Waals surface area contributed by atoms with Crippen LogP contribution in [0.5, 0.6) is 0 Å². The first kappa shape index (κ1) is 21.8. The van der Waals surface area contributed by atoms with E-state index in [1.165, 1.54) is 5.01 Å². The summed E-state index contributed by atoms with van der Waals surface area (Å²) in [6.45, 7) is 2.41. The van der Waals surface area contributed by atoms with E-state index >= 15 is 0 Å². The number of benzene rings is 3. The average Bonchev–Trinajstić information content (AvgIpc) is 3.28. The second kappa shape index (κ2) is 8.71. The summed E-state index contributed by atoms with van der Waals surface area (Å²) in [5.41, 5.74) is 4.77. The van der Waals surface area contributed by atoms with Crippen LogP contribution in [-0.2, 0) is 11.3 Å². The highest BCUT2D eigenvalue weighted by Gasteiger charge is 2.29. The Morgan fingerprint density at radius 1 is 0.939 bits per heavy atom. The molecule has 0 aliphatic carbocycles. The maximum absolute atomic E-state index is 13.2. The molecule has 33 heavy (non-hydrogen) atoms. The highest BCUT2D eigenvalue weighted by Crippen LogP contribution is 2.30. The van der Waals surface area contributed by atoms with Gasteiger partial charge in [0, 0.05) is 44.3 Å². The molecule has 0 unspecified atom stereocenters. The summed E-state index contributed by atoms with van der Waals surface area (Å²) in [7, 11) is 0. The number of anilines is 1. The standard InChI is InChI=1S/C26H18Cl3N3O/c1-16-23(26(33)32(30-16)21-6-4-5-19(27)12-21)11-18-15-31(25-8-3-2-7-22(18)25)14-17-9-10-20(28)13-24(17)29/h2-13,15H,14H2,1H3/b23-11+. The summed E-state index contributed by atoms with van der Waals surface area (Å²) in [6, 6.07) is 20.7. The minimum absolute atomic E-state index is 0.188. The second-order valence-electron chi connectivity index (χ2n) is 7.81. The van der Waals surface area contributed by atoms with E-state index in [0.29, 0.717) is 38.6 Å². The number of carbonyl (C=O) groups is 1. The Balaban J connectivity index is 1.54. The number of halogens is 3. The largest absolute Gasteiger partial charge is 0.342 e. The number of carbonyl (C=O) groups excluding carboxylic acids is 1. The van der Waals surface area contributed by atoms with Gasteiger partial charge in [0.15, 0.2) is 0 Å². The third-order valence-corrected chi connectivity index (χ3v) is 6.41. The average molecular weight is 495 g/mol. The van der Waals surface area contributed by atoms with Crippen LogP contribution in [0.15, 0.2) is 83.6 Å². The number of hydrogen-bond donors (Lipinski definition) is 0. The van der Waals surface area contributed by atoms with Crippen molar-refractivity contribution in [1.29, 1.82) is 0 Å². The Labute approximate surface area is 206 Å². The van der Waals surface area contributed by atoms with Gasteiger partial charge >= 0.3 is 0 Å². The van der Waals surface area contributed by atoms with Crippen molar-refractivity contribution in [3.05, 3.63) is 105 Å². The molecule has 0 saturated heterocycles. The Kier molecular flexibility index (Phi) is 5.75. The molecule has 0 bridgehead atoms. The van der Waals surface area contributed by atoms with Crippen molar-refractivity contribution < 1.29 is 4.79 Å². The Morgan fingerprint density at radius 3 is 2.52 bits per heavy atom. The molecule has 0 radical (unpaired) electrons. The Morgan fingerprint density at radius 2 is 1.73 bits per heavy atom. The minimum atomic E-state index is -0.188. The molecule has 0 spiro atoms. The van der Waals surface area contributed by atoms with Crippen LogP contribution in [-0.4, -0.2) is 16.2 Å². The molecule has 0 atom stereocenters. The van der Waals surface area contributed by atoms with Gasteiger partial charge in [-0.3, -0.25) is 4.79 Å². The highest BCUT2D eigenvalue weighted by atomic mass is 35.5. The van der Waals surface area contributed by atoms with Crippen LogP contribution in [0.25, 0.3) is 17.0 Å². The molecule has 7 heteroatoms. The van der Waals surface area contributed by atoms with Crippen LogP contribution < -0.4 is 5.01 Å². The number of para-hydroxylation sites is 1. The summed E-state index contributed by atoms with van der Waals surface area (Å²) >= 11 is 18.6. The van der Waals surface area contributed by atoms with Gasteiger partial charge in [-0.15, -0.1) is 0 Å². The first-order chi connectivity index (χ1) is 15.9. The smallest absolute Gasteiger partial charge is 0.280 e. The zero-order valence-corrected chi connectivity index (χ0v) is 19.9. The number of aromatic nitrogens is 1. The molecule has 2 heterocycles. The number of hydrogen-bond acceptors (Lipinski definition) is 2. The van der Waals surface area contributed by atoms with E-state index in [-0.39, 0.29) is 5.91 Å². The lowest BCUT2D eigenvalue weighted by Crippen LogP contribution is -2.21. The van der Waals surface area contributed by atoms with E-state index in [1.807, 2.05) is 55.6 Å². The summed E-state index contributed by atoms with van der Waals surface area (Å²) in [5, 5.41) is 8.67. The molecule has 1 aromatic heterocycles. The van der Waals surface area contributed by atoms with E-state index in [1.54, 1.807) is 24.3 Å². The van der Waals surface area contributed by atoms with Crippen LogP contribution in [0.4, 0.5) is 5.69 Å². The number of hydrazone groups is 1. The van der Waals surface area contributed by atoms with Crippen molar-refractivity contribution >= 4 is 69.1 Å². The van der Waals surface area contributed by atoms with Gasteiger partial charge in [0.25, 0.3) is 5.91 Å². The van der Waals surface area contributed by atoms with Gasteiger partial charge in [-0.25, -0.2) is 0 Å². The van der Waals surface area contributed by atoms with Crippen LogP contribution in [0.2, 0.25) is 15.1 Å². The molecule has 5 rings (SSSR count). The van der Waals surface area contributed by atoms with Crippen LogP contribution in [0, 0.1) is 0 Å². The van der Waals surface area contributed by atoms with Crippen LogP contribution >= 0.6 is 34.8 Å². The number of amides is 1. The lowest BCUT2D eigenvalue weighted by Gasteiger charge is -2.11. The van der Waals surface area contributed by atoms with E-state index in [2.05, 4.69) is 15.7 Å². The predicted molar refractivity (Wildman–Crippen MR) is 138 cm³/mol. The van der Waals surface area contributed by atoms with Crippen molar-refractivity contribution in [1.82, 2.24) is 4.57 Å². The summed E-state index contributed by atoms with van der Waals surface area (Å²) < 4.78 is 2.12. The fourth-order valence-corrected chi connectivity index (χ4v) is 4.63. The van der Waals surface area contributed by atoms with Gasteiger partial charge in [-0.2, -0.15) is 10.1 Å². The SMILES string of the molecule is CC1=NN(c2cccc(Cl)c2)C(=O)/C1=C/c1cn(Cc2ccc(Cl)cc2Cl)c2ccccc12. The third-order valence-electron chi connectivity index (χ3n) is 5.59. The molecule has 4 nitrogen and oxygen atoms in total. The summed E-state index contributed by atoms with van der Waals surface area (Å²) in [6.07, 6.45) is 3.93. The normalized spacial score (nSPS) is 15.0. The maximum atomic E-state index is 13.2. The highest BCUT2D eigenvalue weighted by molar-refractivity contribution is 6.35. The van der Waals surface area contributed by atoms with E-state index in [4.69, 9.17) is 34.8 Å². The van der Waals surface area contributed by atoms with Crippen LogP contribution in [0.1, 0.15) is 18.1 Å². The quantitative estimate of drug-likeness (QED) is 0.271. The van der Waals surface area contributed by atoms with Crippen molar-refractivity contribution in [3.8, 4) is 0 Å². The van der Waals surface area contributed by atoms with Crippen molar-refractivity contribution in [2.75, 3.05) is 5.01 Å². The molecule has 1 aliphatic heterocycles. The summed E-state index contributed by atoms with van der Waals surface area (Å²) in [5.74, 6) is -0.188. The van der Waals surface area contributed by atoms with E-state index in [9.17, 15) is 4.79 Å². The minimum Gasteiger partial charge on any atom is -0.342 e. The molecule has 0 N–H and O–H groups in total. The lowest BCUT2D eigenvalue weighted by molar-refractivity contribution is -0.114. The molecule has 0 saturated carbocycles. The molecular weight excluding hydrogens is 477 g/mol. The van der Waals surface area contributed by atoms with E-state index in [0.717, 1.165) is 22.0 Å². The van der Waals surface area contributed by atoms with Gasteiger partial charge < -0.3 is 4.57 Å². The monoisotopic (exact) mass is 493 g/mol. The fourth-order valence-electron chi connectivity index (χ4n) is 3.98. The van der Waals surface area contributed by atoms with Gasteiger partial charge in [0.05, 0.1) is 17.0 Å². The number of fused-ring (bicyclic) bond motifs is 1. The molecule has 164 valence electrons. The van der Waals surface area contributed by atoms with E-state index < -0.39 is 0 Å².